The number of carbonyl (C=O) groups excluding carboxylic acids is 2. The van der Waals surface area contributed by atoms with Crippen LogP contribution in [0.5, 0.6) is 5.75 Å². The molecule has 1 fully saturated rings. The highest BCUT2D eigenvalue weighted by atomic mass is 19.1. The monoisotopic (exact) mass is 394 g/mol. The van der Waals surface area contributed by atoms with Gasteiger partial charge in [-0.2, -0.15) is 0 Å². The quantitative estimate of drug-likeness (QED) is 0.747. The largest absolute Gasteiger partial charge is 0.476 e. The zero-order valence-electron chi connectivity index (χ0n) is 16.1. The van der Waals surface area contributed by atoms with Crippen molar-refractivity contribution in [2.24, 2.45) is 0 Å². The molecule has 2 aliphatic rings. The summed E-state index contributed by atoms with van der Waals surface area (Å²) in [6, 6.07) is 13.4. The summed E-state index contributed by atoms with van der Waals surface area (Å²) in [6.45, 7) is 1.58. The predicted octanol–water partition coefficient (Wildman–Crippen LogP) is 3.65. The van der Waals surface area contributed by atoms with Crippen LogP contribution in [0.1, 0.15) is 24.8 Å². The average molecular weight is 394 g/mol. The molecule has 1 atom stereocenters. The molecule has 0 N–H and O–H groups in total. The Hall–Kier alpha value is -3.15. The van der Waals surface area contributed by atoms with Gasteiger partial charge < -0.3 is 14.5 Å². The van der Waals surface area contributed by atoms with Crippen molar-refractivity contribution >= 4 is 23.6 Å². The maximum absolute atomic E-state index is 13.8. The van der Waals surface area contributed by atoms with Gasteiger partial charge in [0.25, 0.3) is 11.8 Å². The fraction of sp³-hybridized carbons (Fsp3) is 0.304. The molecule has 2 aliphatic heterocycles. The van der Waals surface area contributed by atoms with Crippen molar-refractivity contribution in [1.29, 1.82) is 0 Å². The number of piperidine rings is 1. The molecule has 29 heavy (non-hydrogen) atoms. The number of nitrogens with zero attached hydrogens (tertiary/aromatic N) is 2. The van der Waals surface area contributed by atoms with E-state index in [2.05, 4.69) is 0 Å². The van der Waals surface area contributed by atoms with Crippen LogP contribution < -0.4 is 9.64 Å². The van der Waals surface area contributed by atoms with Crippen molar-refractivity contribution in [3.8, 4) is 5.75 Å². The van der Waals surface area contributed by atoms with Crippen LogP contribution in [0.3, 0.4) is 0 Å². The molecule has 0 radical (unpaired) electrons. The molecule has 0 unspecified atom stereocenters. The molecular formula is C23H23FN2O3. The van der Waals surface area contributed by atoms with E-state index in [0.717, 1.165) is 32.4 Å². The normalized spacial score (nSPS) is 19.0. The van der Waals surface area contributed by atoms with Crippen LogP contribution in [-0.4, -0.2) is 42.5 Å². The van der Waals surface area contributed by atoms with E-state index in [9.17, 15) is 14.0 Å². The number of anilines is 1. The van der Waals surface area contributed by atoms with Gasteiger partial charge in [0.1, 0.15) is 11.6 Å². The second-order valence-corrected chi connectivity index (χ2v) is 7.26. The maximum Gasteiger partial charge on any atom is 0.265 e. The molecule has 2 aromatic rings. The molecule has 2 aromatic carbocycles. The summed E-state index contributed by atoms with van der Waals surface area (Å²) in [5, 5.41) is 0. The highest BCUT2D eigenvalue weighted by Gasteiger charge is 2.35. The summed E-state index contributed by atoms with van der Waals surface area (Å²) in [7, 11) is 0. The second-order valence-electron chi connectivity index (χ2n) is 7.26. The van der Waals surface area contributed by atoms with Gasteiger partial charge in [0.15, 0.2) is 6.10 Å². The number of ether oxygens (including phenoxy) is 1. The fourth-order valence-electron chi connectivity index (χ4n) is 3.75. The smallest absolute Gasteiger partial charge is 0.265 e. The minimum absolute atomic E-state index is 0.0879. The number of hydrogen-bond donors (Lipinski definition) is 0. The molecule has 150 valence electrons. The van der Waals surface area contributed by atoms with Gasteiger partial charge in [-0.25, -0.2) is 4.39 Å². The van der Waals surface area contributed by atoms with Crippen LogP contribution in [0.4, 0.5) is 10.1 Å². The second kappa shape index (κ2) is 8.47. The first-order chi connectivity index (χ1) is 14.1. The molecule has 1 saturated heterocycles. The Morgan fingerprint density at radius 2 is 1.72 bits per heavy atom. The number of likely N-dealkylation sites (tertiary alicyclic amines) is 1. The van der Waals surface area contributed by atoms with Gasteiger partial charge in [0, 0.05) is 24.7 Å². The molecular weight excluding hydrogens is 371 g/mol. The van der Waals surface area contributed by atoms with E-state index in [-0.39, 0.29) is 18.4 Å². The Morgan fingerprint density at radius 1 is 1.00 bits per heavy atom. The van der Waals surface area contributed by atoms with Gasteiger partial charge in [-0.15, -0.1) is 0 Å². The summed E-state index contributed by atoms with van der Waals surface area (Å²) in [4.78, 5) is 29.2. The summed E-state index contributed by atoms with van der Waals surface area (Å²) in [5.74, 6) is -0.297. The zero-order valence-corrected chi connectivity index (χ0v) is 16.1. The molecule has 0 saturated carbocycles. The minimum atomic E-state index is -0.742. The van der Waals surface area contributed by atoms with Crippen LogP contribution in [0, 0.1) is 5.82 Å². The van der Waals surface area contributed by atoms with Crippen LogP contribution in [0.2, 0.25) is 0 Å². The lowest BCUT2D eigenvalue weighted by Crippen LogP contribution is -2.52. The molecule has 6 heteroatoms. The van der Waals surface area contributed by atoms with Crippen molar-refractivity contribution in [2.45, 2.75) is 25.4 Å². The number of rotatable bonds is 3. The van der Waals surface area contributed by atoms with Crippen LogP contribution in [-0.2, 0) is 9.59 Å². The average Bonchev–Trinajstić information content (AvgIpc) is 2.77. The standard InChI is InChI=1S/C23H23FN2O3/c24-18-9-3-2-8-17(18)12-13-22(27)26-16-21(23(28)25-14-6-1-7-15-25)29-20-11-5-4-10-19(20)26/h2-5,8-13,21H,1,6-7,14-16H2/b13-12+/t21-/m0/s1. The SMILES string of the molecule is O=C([C@@H]1CN(C(=O)/C=C/c2ccccc2F)c2ccccc2O1)N1CCCCC1. The molecule has 2 heterocycles. The lowest BCUT2D eigenvalue weighted by Gasteiger charge is -2.37. The predicted molar refractivity (Wildman–Crippen MR) is 109 cm³/mol. The molecule has 0 spiro atoms. The van der Waals surface area contributed by atoms with Gasteiger partial charge in [-0.1, -0.05) is 30.3 Å². The van der Waals surface area contributed by atoms with Gasteiger partial charge >= 0.3 is 0 Å². The number of halogens is 1. The van der Waals surface area contributed by atoms with Crippen LogP contribution in [0.25, 0.3) is 6.08 Å². The third kappa shape index (κ3) is 4.16. The third-order valence-corrected chi connectivity index (χ3v) is 5.29. The molecule has 0 bridgehead atoms. The Morgan fingerprint density at radius 3 is 2.52 bits per heavy atom. The summed E-state index contributed by atoms with van der Waals surface area (Å²) in [6.07, 6.45) is 5.16. The summed E-state index contributed by atoms with van der Waals surface area (Å²) in [5.41, 5.74) is 0.946. The van der Waals surface area contributed by atoms with Gasteiger partial charge in [0.2, 0.25) is 0 Å². The van der Waals surface area contributed by atoms with Crippen molar-refractivity contribution in [1.82, 2.24) is 4.90 Å². The summed E-state index contributed by atoms with van der Waals surface area (Å²) >= 11 is 0. The van der Waals surface area contributed by atoms with E-state index in [1.54, 1.807) is 30.3 Å². The number of para-hydroxylation sites is 2. The summed E-state index contributed by atoms with van der Waals surface area (Å²) < 4.78 is 19.8. The van der Waals surface area contributed by atoms with Gasteiger partial charge in [-0.3, -0.25) is 9.59 Å². The highest BCUT2D eigenvalue weighted by Crippen LogP contribution is 2.34. The van der Waals surface area contributed by atoms with E-state index in [1.165, 1.54) is 23.1 Å². The van der Waals surface area contributed by atoms with Crippen molar-refractivity contribution in [3.63, 3.8) is 0 Å². The van der Waals surface area contributed by atoms with E-state index in [0.29, 0.717) is 17.0 Å². The Balaban J connectivity index is 1.57. The number of hydrogen-bond acceptors (Lipinski definition) is 3. The molecule has 2 amide bonds. The first kappa shape index (κ1) is 19.2. The lowest BCUT2D eigenvalue weighted by molar-refractivity contribution is -0.139. The molecule has 5 nitrogen and oxygen atoms in total. The van der Waals surface area contributed by atoms with E-state index in [1.807, 2.05) is 17.0 Å². The molecule has 0 aliphatic carbocycles. The van der Waals surface area contributed by atoms with Gasteiger partial charge in [0.05, 0.1) is 12.2 Å². The first-order valence-electron chi connectivity index (χ1n) is 9.92. The van der Waals surface area contributed by atoms with Crippen LogP contribution in [0.15, 0.2) is 54.6 Å². The fourth-order valence-corrected chi connectivity index (χ4v) is 3.75. The van der Waals surface area contributed by atoms with E-state index in [4.69, 9.17) is 4.74 Å². The van der Waals surface area contributed by atoms with Crippen molar-refractivity contribution in [2.75, 3.05) is 24.5 Å². The van der Waals surface area contributed by atoms with Crippen molar-refractivity contribution < 1.29 is 18.7 Å². The number of benzene rings is 2. The maximum atomic E-state index is 13.8. The van der Waals surface area contributed by atoms with Crippen LogP contribution >= 0.6 is 0 Å². The number of amides is 2. The van der Waals surface area contributed by atoms with E-state index >= 15 is 0 Å². The molecule has 4 rings (SSSR count). The van der Waals surface area contributed by atoms with Crippen molar-refractivity contribution in [3.05, 3.63) is 66.0 Å². The topological polar surface area (TPSA) is 49.9 Å². The third-order valence-electron chi connectivity index (χ3n) is 5.29. The number of fused-ring (bicyclic) bond motifs is 1. The Labute approximate surface area is 169 Å². The van der Waals surface area contributed by atoms with Gasteiger partial charge in [-0.05, 0) is 43.5 Å². The highest BCUT2D eigenvalue weighted by molar-refractivity contribution is 6.05. The first-order valence-corrected chi connectivity index (χ1v) is 9.92. The lowest BCUT2D eigenvalue weighted by atomic mass is 10.1. The minimum Gasteiger partial charge on any atom is -0.476 e. The Bertz CT molecular complexity index is 937. The Kier molecular flexibility index (Phi) is 5.60. The number of carbonyl (C=O) groups is 2. The zero-order chi connectivity index (χ0) is 20.2. The molecule has 0 aromatic heterocycles. The van der Waals surface area contributed by atoms with E-state index < -0.39 is 11.9 Å².